The molecule has 1 aliphatic rings. The number of hydrogen-bond acceptors (Lipinski definition) is 2. The number of halogens is 1. The first-order chi connectivity index (χ1) is 6.77. The van der Waals surface area contributed by atoms with Crippen LogP contribution in [0.2, 0.25) is 0 Å². The average Bonchev–Trinajstić information content (AvgIpc) is 2.56. The quantitative estimate of drug-likeness (QED) is 0.791. The molecule has 3 heteroatoms. The Balaban J connectivity index is 1.99. The van der Waals surface area contributed by atoms with E-state index in [-0.39, 0.29) is 0 Å². The Morgan fingerprint density at radius 1 is 1.57 bits per heavy atom. The summed E-state index contributed by atoms with van der Waals surface area (Å²) in [6, 6.07) is 2.91. The van der Waals surface area contributed by atoms with Crippen LogP contribution in [0, 0.1) is 0 Å². The second-order valence-electron chi connectivity index (χ2n) is 4.01. The van der Waals surface area contributed by atoms with Crippen molar-refractivity contribution in [2.24, 2.45) is 0 Å². The molecule has 0 spiro atoms. The van der Waals surface area contributed by atoms with E-state index in [9.17, 15) is 0 Å². The zero-order chi connectivity index (χ0) is 9.97. The summed E-state index contributed by atoms with van der Waals surface area (Å²) >= 11 is 5.45. The number of thiophene rings is 1. The van der Waals surface area contributed by atoms with Crippen LogP contribution < -0.4 is 0 Å². The molecule has 1 aromatic rings. The smallest absolute Gasteiger partial charge is 0.0342 e. The summed E-state index contributed by atoms with van der Waals surface area (Å²) in [4.78, 5) is 4.07. The molecular weight excluding hydrogens is 258 g/mol. The Hall–Kier alpha value is 0.140. The van der Waals surface area contributed by atoms with E-state index in [0.717, 1.165) is 12.6 Å². The van der Waals surface area contributed by atoms with Crippen LogP contribution in [0.25, 0.3) is 0 Å². The van der Waals surface area contributed by atoms with Crippen LogP contribution in [-0.2, 0) is 6.54 Å². The van der Waals surface area contributed by atoms with Crippen molar-refractivity contribution in [3.05, 3.63) is 20.8 Å². The first-order valence-electron chi connectivity index (χ1n) is 5.23. The molecule has 1 aromatic heterocycles. The third-order valence-electron chi connectivity index (χ3n) is 2.98. The Bertz CT molecular complexity index is 297. The highest BCUT2D eigenvalue weighted by molar-refractivity contribution is 9.10. The van der Waals surface area contributed by atoms with Crippen LogP contribution in [0.3, 0.4) is 0 Å². The molecule has 2 heterocycles. The maximum atomic E-state index is 3.60. The molecule has 0 aromatic carbocycles. The summed E-state index contributed by atoms with van der Waals surface area (Å²) in [7, 11) is 0. The van der Waals surface area contributed by atoms with Crippen LogP contribution in [0.1, 0.15) is 31.1 Å². The maximum Gasteiger partial charge on any atom is 0.0342 e. The van der Waals surface area contributed by atoms with Gasteiger partial charge in [0.05, 0.1) is 0 Å². The van der Waals surface area contributed by atoms with Gasteiger partial charge in [-0.3, -0.25) is 4.90 Å². The summed E-state index contributed by atoms with van der Waals surface area (Å²) in [5.41, 5.74) is 0. The van der Waals surface area contributed by atoms with Gasteiger partial charge in [0.2, 0.25) is 0 Å². The lowest BCUT2D eigenvalue weighted by molar-refractivity contribution is 0.154. The number of nitrogens with zero attached hydrogens (tertiary/aromatic N) is 1. The molecule has 0 N–H and O–H groups in total. The summed E-state index contributed by atoms with van der Waals surface area (Å²) in [6.07, 6.45) is 4.14. The molecule has 0 radical (unpaired) electrons. The normalized spacial score (nSPS) is 24.0. The molecule has 1 aliphatic heterocycles. The predicted molar refractivity (Wildman–Crippen MR) is 65.7 cm³/mol. The fourth-order valence-corrected chi connectivity index (χ4v) is 3.52. The van der Waals surface area contributed by atoms with E-state index in [4.69, 9.17) is 0 Å². The highest BCUT2D eigenvalue weighted by atomic mass is 79.9. The number of hydrogen-bond donors (Lipinski definition) is 0. The predicted octanol–water partition coefficient (Wildman–Crippen LogP) is 3.89. The molecule has 78 valence electrons. The zero-order valence-electron chi connectivity index (χ0n) is 8.50. The van der Waals surface area contributed by atoms with Gasteiger partial charge in [0.15, 0.2) is 0 Å². The largest absolute Gasteiger partial charge is 0.296 e. The fraction of sp³-hybridized carbons (Fsp3) is 0.636. The van der Waals surface area contributed by atoms with Gasteiger partial charge in [-0.2, -0.15) is 0 Å². The Kier molecular flexibility index (Phi) is 3.63. The van der Waals surface area contributed by atoms with Gasteiger partial charge >= 0.3 is 0 Å². The van der Waals surface area contributed by atoms with Crippen molar-refractivity contribution < 1.29 is 0 Å². The van der Waals surface area contributed by atoms with E-state index in [2.05, 4.69) is 39.2 Å². The lowest BCUT2D eigenvalue weighted by atomic mass is 10.0. The van der Waals surface area contributed by atoms with Crippen molar-refractivity contribution in [1.82, 2.24) is 4.90 Å². The van der Waals surface area contributed by atoms with Crippen molar-refractivity contribution in [3.8, 4) is 0 Å². The number of piperidine rings is 1. The molecular formula is C11H16BrNS. The van der Waals surface area contributed by atoms with Crippen LogP contribution in [-0.4, -0.2) is 17.5 Å². The topological polar surface area (TPSA) is 3.24 Å². The minimum absolute atomic E-state index is 0.762. The molecule has 2 rings (SSSR count). The molecule has 0 bridgehead atoms. The van der Waals surface area contributed by atoms with Crippen molar-refractivity contribution in [2.75, 3.05) is 6.54 Å². The highest BCUT2D eigenvalue weighted by Gasteiger charge is 2.19. The summed E-state index contributed by atoms with van der Waals surface area (Å²) in [5.74, 6) is 0. The molecule has 14 heavy (non-hydrogen) atoms. The first kappa shape index (κ1) is 10.7. The molecule has 1 nitrogen and oxygen atoms in total. The number of likely N-dealkylation sites (tertiary alicyclic amines) is 1. The van der Waals surface area contributed by atoms with E-state index in [0.29, 0.717) is 0 Å². The van der Waals surface area contributed by atoms with Crippen LogP contribution >= 0.6 is 27.3 Å². The average molecular weight is 274 g/mol. The van der Waals surface area contributed by atoms with E-state index >= 15 is 0 Å². The van der Waals surface area contributed by atoms with Gasteiger partial charge in [0.1, 0.15) is 0 Å². The monoisotopic (exact) mass is 273 g/mol. The Morgan fingerprint density at radius 3 is 3.07 bits per heavy atom. The van der Waals surface area contributed by atoms with E-state index in [1.54, 1.807) is 0 Å². The fourth-order valence-electron chi connectivity index (χ4n) is 2.01. The second-order valence-corrected chi connectivity index (χ2v) is 5.86. The molecule has 0 aliphatic carbocycles. The van der Waals surface area contributed by atoms with Gasteiger partial charge in [0.25, 0.3) is 0 Å². The second kappa shape index (κ2) is 4.77. The molecule has 0 amide bonds. The van der Waals surface area contributed by atoms with Gasteiger partial charge in [-0.25, -0.2) is 0 Å². The van der Waals surface area contributed by atoms with Gasteiger partial charge in [-0.15, -0.1) is 11.3 Å². The third-order valence-corrected chi connectivity index (χ3v) is 4.89. The lowest BCUT2D eigenvalue weighted by Gasteiger charge is -2.32. The van der Waals surface area contributed by atoms with E-state index < -0.39 is 0 Å². The van der Waals surface area contributed by atoms with Crippen LogP contribution in [0.4, 0.5) is 0 Å². The molecule has 1 unspecified atom stereocenters. The first-order valence-corrected chi connectivity index (χ1v) is 6.90. The third kappa shape index (κ3) is 2.38. The van der Waals surface area contributed by atoms with Gasteiger partial charge in [-0.05, 0) is 53.7 Å². The molecule has 1 saturated heterocycles. The van der Waals surface area contributed by atoms with Crippen molar-refractivity contribution in [3.63, 3.8) is 0 Å². The number of rotatable bonds is 2. The minimum atomic E-state index is 0.762. The van der Waals surface area contributed by atoms with Gasteiger partial charge in [-0.1, -0.05) is 6.42 Å². The van der Waals surface area contributed by atoms with Crippen molar-refractivity contribution in [2.45, 2.75) is 38.8 Å². The Labute approximate surface area is 98.2 Å². The van der Waals surface area contributed by atoms with Crippen LogP contribution in [0.15, 0.2) is 15.9 Å². The van der Waals surface area contributed by atoms with Gasteiger partial charge < -0.3 is 0 Å². The zero-order valence-corrected chi connectivity index (χ0v) is 10.9. The maximum absolute atomic E-state index is 3.60. The van der Waals surface area contributed by atoms with Crippen LogP contribution in [0.5, 0.6) is 0 Å². The van der Waals surface area contributed by atoms with E-state index in [1.165, 1.54) is 35.2 Å². The summed E-state index contributed by atoms with van der Waals surface area (Å²) < 4.78 is 1.28. The molecule has 1 fully saturated rings. The molecule has 0 saturated carbocycles. The summed E-state index contributed by atoms with van der Waals surface area (Å²) in [6.45, 7) is 4.74. The van der Waals surface area contributed by atoms with E-state index in [1.807, 2.05) is 11.3 Å². The highest BCUT2D eigenvalue weighted by Crippen LogP contribution is 2.27. The standard InChI is InChI=1S/C11H16BrNS/c1-9-4-2-3-6-13(9)8-11-10(12)5-7-14-11/h5,7,9H,2-4,6,8H2,1H3. The van der Waals surface area contributed by atoms with Crippen molar-refractivity contribution in [1.29, 1.82) is 0 Å². The van der Waals surface area contributed by atoms with Crippen molar-refractivity contribution >= 4 is 27.3 Å². The lowest BCUT2D eigenvalue weighted by Crippen LogP contribution is -2.36. The SMILES string of the molecule is CC1CCCCN1Cc1sccc1Br. The Morgan fingerprint density at radius 2 is 2.43 bits per heavy atom. The van der Waals surface area contributed by atoms with Gasteiger partial charge in [0, 0.05) is 21.9 Å². The summed E-state index contributed by atoms with van der Waals surface area (Å²) in [5, 5.41) is 2.16. The minimum Gasteiger partial charge on any atom is -0.296 e. The molecule has 1 atom stereocenters.